The summed E-state index contributed by atoms with van der Waals surface area (Å²) in [7, 11) is 0. The van der Waals surface area contributed by atoms with Crippen molar-refractivity contribution in [3.05, 3.63) is 70.8 Å². The highest BCUT2D eigenvalue weighted by atomic mass is 16.5. The molecule has 0 unspecified atom stereocenters. The third kappa shape index (κ3) is 6.43. The van der Waals surface area contributed by atoms with Gasteiger partial charge in [0.2, 0.25) is 0 Å². The first-order valence-corrected chi connectivity index (χ1v) is 12.9. The second-order valence-electron chi connectivity index (χ2n) is 8.63. The maximum absolute atomic E-state index is 12.9. The topological polar surface area (TPSA) is 71.1 Å². The molecule has 2 aromatic carbocycles. The van der Waals surface area contributed by atoms with Crippen molar-refractivity contribution in [2.75, 3.05) is 26.4 Å². The lowest BCUT2D eigenvalue weighted by Gasteiger charge is -2.26. The highest BCUT2D eigenvalue weighted by Crippen LogP contribution is 2.48. The zero-order valence-corrected chi connectivity index (χ0v) is 23.3. The van der Waals surface area contributed by atoms with Gasteiger partial charge < -0.3 is 18.9 Å². The number of ketones is 2. The van der Waals surface area contributed by atoms with Gasteiger partial charge in [-0.1, -0.05) is 32.2 Å². The van der Waals surface area contributed by atoms with E-state index >= 15 is 0 Å². The van der Waals surface area contributed by atoms with Crippen molar-refractivity contribution in [3.8, 4) is 23.0 Å². The van der Waals surface area contributed by atoms with E-state index in [-0.39, 0.29) is 17.5 Å². The molecule has 0 radical (unpaired) electrons. The number of benzene rings is 2. The summed E-state index contributed by atoms with van der Waals surface area (Å²) >= 11 is 0. The molecule has 0 bridgehead atoms. The molecule has 0 aliphatic heterocycles. The Morgan fingerprint density at radius 2 is 0.946 bits per heavy atom. The van der Waals surface area contributed by atoms with Crippen LogP contribution in [0.1, 0.15) is 92.6 Å². The second kappa shape index (κ2) is 13.7. The van der Waals surface area contributed by atoms with E-state index in [1.165, 1.54) is 0 Å². The monoisotopic (exact) mass is 508 g/mol. The van der Waals surface area contributed by atoms with Gasteiger partial charge in [-0.15, -0.1) is 0 Å². The smallest absolute Gasteiger partial charge is 0.192 e. The van der Waals surface area contributed by atoms with Crippen LogP contribution in [0, 0.1) is 0 Å². The summed E-state index contributed by atoms with van der Waals surface area (Å²) in [6.45, 7) is 22.1. The highest BCUT2D eigenvalue weighted by Gasteiger charge is 2.30. The molecule has 2 aromatic rings. The molecule has 0 aliphatic carbocycles. The van der Waals surface area contributed by atoms with Crippen molar-refractivity contribution >= 4 is 11.6 Å². The quantitative estimate of drug-likeness (QED) is 0.185. The van der Waals surface area contributed by atoms with Crippen LogP contribution in [0.4, 0.5) is 0 Å². The normalized spacial score (nSPS) is 10.7. The number of ether oxygens (including phenoxy) is 4. The van der Waals surface area contributed by atoms with Gasteiger partial charge in [0.25, 0.3) is 0 Å². The summed E-state index contributed by atoms with van der Waals surface area (Å²) in [6, 6.07) is 7.35. The van der Waals surface area contributed by atoms with Gasteiger partial charge in [-0.05, 0) is 71.2 Å². The third-order valence-corrected chi connectivity index (χ3v) is 5.86. The molecule has 0 fully saturated rings. The second-order valence-corrected chi connectivity index (χ2v) is 8.63. The van der Waals surface area contributed by atoms with Gasteiger partial charge in [0.1, 0.15) is 0 Å². The molecule has 0 heterocycles. The molecule has 0 saturated heterocycles. The summed E-state index contributed by atoms with van der Waals surface area (Å²) in [5.74, 6) is 1.28. The molecule has 2 rings (SSSR count). The number of carbonyl (C=O) groups excluding carboxylic acids is 2. The van der Waals surface area contributed by atoms with E-state index in [9.17, 15) is 9.59 Å². The van der Waals surface area contributed by atoms with Gasteiger partial charge in [-0.25, -0.2) is 0 Å². The summed E-state index contributed by atoms with van der Waals surface area (Å²) in [5.41, 5.74) is 3.38. The van der Waals surface area contributed by atoms with Gasteiger partial charge in [-0.3, -0.25) is 9.59 Å². The van der Waals surface area contributed by atoms with Crippen LogP contribution < -0.4 is 18.9 Å². The number of carbonyl (C=O) groups is 2. The lowest BCUT2D eigenvalue weighted by atomic mass is 9.85. The van der Waals surface area contributed by atoms with Crippen molar-refractivity contribution in [1.29, 1.82) is 0 Å². The average molecular weight is 509 g/mol. The van der Waals surface area contributed by atoms with Gasteiger partial charge >= 0.3 is 0 Å². The maximum atomic E-state index is 12.9. The minimum atomic E-state index is -0.194. The number of rotatable bonds is 15. The average Bonchev–Trinajstić information content (AvgIpc) is 2.87. The molecule has 0 saturated carbocycles. The van der Waals surface area contributed by atoms with E-state index in [4.69, 9.17) is 18.9 Å². The Balaban J connectivity index is 2.89. The Kier molecular flexibility index (Phi) is 11.0. The Labute approximate surface area is 221 Å². The Bertz CT molecular complexity index is 1070. The predicted octanol–water partition coefficient (Wildman–Crippen LogP) is 7.34. The van der Waals surface area contributed by atoms with E-state index in [2.05, 4.69) is 20.1 Å². The van der Waals surface area contributed by atoms with E-state index in [0.717, 1.165) is 11.1 Å². The van der Waals surface area contributed by atoms with Crippen molar-refractivity contribution in [2.24, 2.45) is 0 Å². The summed E-state index contributed by atoms with van der Waals surface area (Å²) < 4.78 is 24.2. The van der Waals surface area contributed by atoms with Crippen molar-refractivity contribution < 1.29 is 28.5 Å². The van der Waals surface area contributed by atoms with Crippen LogP contribution in [0.25, 0.3) is 0 Å². The van der Waals surface area contributed by atoms with Crippen LogP contribution in [0.5, 0.6) is 23.0 Å². The fourth-order valence-electron chi connectivity index (χ4n) is 4.29. The lowest BCUT2D eigenvalue weighted by Crippen LogP contribution is -2.13. The highest BCUT2D eigenvalue weighted by molar-refractivity contribution is 6.11. The molecular formula is C31H40O6. The maximum Gasteiger partial charge on any atom is 0.192 e. The van der Waals surface area contributed by atoms with Crippen LogP contribution >= 0.6 is 0 Å². The Hall–Kier alpha value is -3.54. The van der Waals surface area contributed by atoms with Crippen LogP contribution in [-0.4, -0.2) is 38.0 Å². The molecule has 0 N–H and O–H groups in total. The fraction of sp³-hybridized carbons (Fsp3) is 0.419. The zero-order valence-electron chi connectivity index (χ0n) is 23.3. The van der Waals surface area contributed by atoms with E-state index in [1.807, 2.05) is 39.8 Å². The molecule has 0 amide bonds. The molecular weight excluding hydrogens is 468 g/mol. The standard InChI is InChI=1S/C31H40O6/c1-10-21(22-15-17-24(26(32)19(6)7)30(36-13-4)28(22)34-11-2)23-16-18-25(27(33)20(8)9)31(37-14-5)29(23)35-12-3/h15-18,21H,6,8,10-14H2,1-5,7,9H3. The zero-order chi connectivity index (χ0) is 27.7. The molecule has 6 nitrogen and oxygen atoms in total. The number of hydrogen-bond donors (Lipinski definition) is 0. The third-order valence-electron chi connectivity index (χ3n) is 5.86. The van der Waals surface area contributed by atoms with Crippen molar-refractivity contribution in [3.63, 3.8) is 0 Å². The van der Waals surface area contributed by atoms with Crippen LogP contribution in [-0.2, 0) is 0 Å². The van der Waals surface area contributed by atoms with Crippen molar-refractivity contribution in [1.82, 2.24) is 0 Å². The molecule has 37 heavy (non-hydrogen) atoms. The van der Waals surface area contributed by atoms with Gasteiger partial charge in [0.15, 0.2) is 34.6 Å². The van der Waals surface area contributed by atoms with Gasteiger partial charge in [0, 0.05) is 17.0 Å². The molecule has 0 atom stereocenters. The Morgan fingerprint density at radius 3 is 1.22 bits per heavy atom. The molecule has 0 aliphatic rings. The molecule has 6 heteroatoms. The Morgan fingerprint density at radius 1 is 0.622 bits per heavy atom. The van der Waals surface area contributed by atoms with E-state index in [0.29, 0.717) is 78.1 Å². The van der Waals surface area contributed by atoms with Crippen molar-refractivity contribution in [2.45, 2.75) is 60.8 Å². The van der Waals surface area contributed by atoms with E-state index < -0.39 is 0 Å². The fourth-order valence-corrected chi connectivity index (χ4v) is 4.29. The molecule has 0 aromatic heterocycles. The first-order valence-electron chi connectivity index (χ1n) is 12.9. The number of allylic oxidation sites excluding steroid dienone is 2. The van der Waals surface area contributed by atoms with Gasteiger partial charge in [-0.2, -0.15) is 0 Å². The summed E-state index contributed by atoms with van der Waals surface area (Å²) in [5, 5.41) is 0. The molecule has 0 spiro atoms. The minimum absolute atomic E-state index is 0.190. The number of hydrogen-bond acceptors (Lipinski definition) is 6. The largest absolute Gasteiger partial charge is 0.490 e. The van der Waals surface area contributed by atoms with Crippen LogP contribution in [0.15, 0.2) is 48.6 Å². The van der Waals surface area contributed by atoms with Crippen LogP contribution in [0.3, 0.4) is 0 Å². The minimum Gasteiger partial charge on any atom is -0.490 e. The number of Topliss-reactive ketones (excluding diaryl/α,β-unsaturated/α-hetero) is 2. The SMILES string of the molecule is C=C(C)C(=O)c1ccc(C(CC)c2ccc(C(=O)C(=C)C)c(OCC)c2OCC)c(OCC)c1OCC. The molecule has 200 valence electrons. The van der Waals surface area contributed by atoms with E-state index in [1.54, 1.807) is 26.0 Å². The summed E-state index contributed by atoms with van der Waals surface area (Å²) in [4.78, 5) is 25.8. The van der Waals surface area contributed by atoms with Crippen LogP contribution in [0.2, 0.25) is 0 Å². The summed E-state index contributed by atoms with van der Waals surface area (Å²) in [6.07, 6.45) is 0.693. The van der Waals surface area contributed by atoms with Gasteiger partial charge in [0.05, 0.1) is 37.6 Å². The first kappa shape index (κ1) is 29.7. The predicted molar refractivity (Wildman–Crippen MR) is 148 cm³/mol. The lowest BCUT2D eigenvalue weighted by molar-refractivity contribution is 0.102. The first-order chi connectivity index (χ1) is 17.7.